The standard InChI is InChI=1S/C19H34N2/c1-18(2)15-21(14-11-17-9-5-3-6-10-17)16-19(20-18)12-7-4-8-13-19/h9,20H,3-8,10-16H2,1-2H3. The van der Waals surface area contributed by atoms with Gasteiger partial charge in [-0.05, 0) is 58.8 Å². The smallest absolute Gasteiger partial charge is 0.0313 e. The SMILES string of the molecule is CC1(C)CN(CCC2=CCCCC2)CC2(CCCCC2)N1. The van der Waals surface area contributed by atoms with Crippen LogP contribution in [0.5, 0.6) is 0 Å². The normalized spacial score (nSPS) is 29.3. The van der Waals surface area contributed by atoms with Gasteiger partial charge in [-0.3, -0.25) is 4.90 Å². The second kappa shape index (κ2) is 6.42. The van der Waals surface area contributed by atoms with Crippen LogP contribution in [0.25, 0.3) is 0 Å². The van der Waals surface area contributed by atoms with Gasteiger partial charge in [-0.2, -0.15) is 0 Å². The van der Waals surface area contributed by atoms with Crippen LogP contribution in [0, 0.1) is 0 Å². The first-order chi connectivity index (χ1) is 10.1. The highest BCUT2D eigenvalue weighted by Gasteiger charge is 2.42. The Morgan fingerprint density at radius 2 is 1.86 bits per heavy atom. The molecular formula is C19H34N2. The van der Waals surface area contributed by atoms with Gasteiger partial charge in [0.05, 0.1) is 0 Å². The Labute approximate surface area is 131 Å². The monoisotopic (exact) mass is 290 g/mol. The molecule has 120 valence electrons. The molecule has 1 saturated carbocycles. The van der Waals surface area contributed by atoms with E-state index in [0.29, 0.717) is 5.54 Å². The summed E-state index contributed by atoms with van der Waals surface area (Å²) in [5.74, 6) is 0. The summed E-state index contributed by atoms with van der Waals surface area (Å²) in [6.07, 6.45) is 16.4. The van der Waals surface area contributed by atoms with Crippen molar-refractivity contribution in [3.05, 3.63) is 11.6 Å². The minimum atomic E-state index is 0.274. The van der Waals surface area contributed by atoms with Crippen LogP contribution in [-0.2, 0) is 0 Å². The minimum Gasteiger partial charge on any atom is -0.304 e. The summed E-state index contributed by atoms with van der Waals surface area (Å²) in [6, 6.07) is 0. The maximum absolute atomic E-state index is 4.02. The second-order valence-corrected chi connectivity index (χ2v) is 8.42. The molecule has 1 spiro atoms. The lowest BCUT2D eigenvalue weighted by Crippen LogP contribution is -2.69. The van der Waals surface area contributed by atoms with Crippen molar-refractivity contribution in [3.8, 4) is 0 Å². The largest absolute Gasteiger partial charge is 0.304 e. The van der Waals surface area contributed by atoms with Gasteiger partial charge in [-0.1, -0.05) is 30.9 Å². The molecule has 2 nitrogen and oxygen atoms in total. The number of piperazine rings is 1. The summed E-state index contributed by atoms with van der Waals surface area (Å²) in [5, 5.41) is 4.02. The fourth-order valence-electron chi connectivity index (χ4n) is 4.94. The topological polar surface area (TPSA) is 15.3 Å². The molecule has 3 aliphatic rings. The van der Waals surface area contributed by atoms with Gasteiger partial charge in [-0.15, -0.1) is 0 Å². The van der Waals surface area contributed by atoms with Gasteiger partial charge in [0, 0.05) is 30.7 Å². The van der Waals surface area contributed by atoms with Gasteiger partial charge in [0.15, 0.2) is 0 Å². The van der Waals surface area contributed by atoms with E-state index < -0.39 is 0 Å². The highest BCUT2D eigenvalue weighted by Crippen LogP contribution is 2.34. The average Bonchev–Trinajstić information content (AvgIpc) is 2.45. The minimum absolute atomic E-state index is 0.274. The molecule has 21 heavy (non-hydrogen) atoms. The molecular weight excluding hydrogens is 256 g/mol. The van der Waals surface area contributed by atoms with E-state index in [9.17, 15) is 0 Å². The van der Waals surface area contributed by atoms with Crippen LogP contribution >= 0.6 is 0 Å². The van der Waals surface area contributed by atoms with Crippen LogP contribution in [-0.4, -0.2) is 35.6 Å². The van der Waals surface area contributed by atoms with Crippen molar-refractivity contribution in [2.24, 2.45) is 0 Å². The third-order valence-electron chi connectivity index (χ3n) is 5.69. The van der Waals surface area contributed by atoms with E-state index in [1.807, 2.05) is 0 Å². The van der Waals surface area contributed by atoms with Gasteiger partial charge in [0.25, 0.3) is 0 Å². The molecule has 0 amide bonds. The fourth-order valence-corrected chi connectivity index (χ4v) is 4.94. The number of nitrogens with one attached hydrogen (secondary N) is 1. The van der Waals surface area contributed by atoms with Gasteiger partial charge in [0.1, 0.15) is 0 Å². The summed E-state index contributed by atoms with van der Waals surface area (Å²) in [5.41, 5.74) is 2.42. The van der Waals surface area contributed by atoms with E-state index >= 15 is 0 Å². The zero-order valence-corrected chi connectivity index (χ0v) is 14.2. The van der Waals surface area contributed by atoms with Crippen molar-refractivity contribution >= 4 is 0 Å². The third-order valence-corrected chi connectivity index (χ3v) is 5.69. The van der Waals surface area contributed by atoms with Crippen LogP contribution in [0.3, 0.4) is 0 Å². The molecule has 2 aliphatic carbocycles. The highest BCUT2D eigenvalue weighted by molar-refractivity contribution is 5.07. The predicted molar refractivity (Wildman–Crippen MR) is 90.6 cm³/mol. The molecule has 3 rings (SSSR count). The van der Waals surface area contributed by atoms with Crippen LogP contribution in [0.2, 0.25) is 0 Å². The molecule has 0 radical (unpaired) electrons. The first kappa shape index (κ1) is 15.6. The Kier molecular flexibility index (Phi) is 4.75. The Bertz CT molecular complexity index is 377. The number of nitrogens with zero attached hydrogens (tertiary/aromatic N) is 1. The first-order valence-electron chi connectivity index (χ1n) is 9.27. The quantitative estimate of drug-likeness (QED) is 0.781. The van der Waals surface area contributed by atoms with Crippen molar-refractivity contribution in [2.45, 2.75) is 89.1 Å². The second-order valence-electron chi connectivity index (χ2n) is 8.42. The maximum atomic E-state index is 4.02. The van der Waals surface area contributed by atoms with Crippen molar-refractivity contribution < 1.29 is 0 Å². The first-order valence-corrected chi connectivity index (χ1v) is 9.27. The lowest BCUT2D eigenvalue weighted by molar-refractivity contribution is 0.0377. The number of hydrogen-bond donors (Lipinski definition) is 1. The maximum Gasteiger partial charge on any atom is 0.0313 e. The Hall–Kier alpha value is -0.340. The molecule has 1 N–H and O–H groups in total. The van der Waals surface area contributed by atoms with E-state index in [1.165, 1.54) is 83.8 Å². The summed E-state index contributed by atoms with van der Waals surface area (Å²) < 4.78 is 0. The zero-order valence-electron chi connectivity index (χ0n) is 14.2. The van der Waals surface area contributed by atoms with E-state index in [4.69, 9.17) is 0 Å². The van der Waals surface area contributed by atoms with Crippen LogP contribution in [0.4, 0.5) is 0 Å². The molecule has 0 unspecified atom stereocenters. The molecule has 0 bridgehead atoms. The van der Waals surface area contributed by atoms with E-state index in [0.717, 1.165) is 0 Å². The van der Waals surface area contributed by atoms with Crippen molar-refractivity contribution in [1.29, 1.82) is 0 Å². The summed E-state index contributed by atoms with van der Waals surface area (Å²) in [6.45, 7) is 8.56. The lowest BCUT2D eigenvalue weighted by atomic mass is 9.77. The fraction of sp³-hybridized carbons (Fsp3) is 0.895. The molecule has 0 aromatic heterocycles. The Balaban J connectivity index is 1.60. The Morgan fingerprint density at radius 1 is 1.05 bits per heavy atom. The molecule has 2 heteroatoms. The van der Waals surface area contributed by atoms with Gasteiger partial charge in [-0.25, -0.2) is 0 Å². The molecule has 1 saturated heterocycles. The molecule has 1 heterocycles. The van der Waals surface area contributed by atoms with Gasteiger partial charge >= 0.3 is 0 Å². The highest BCUT2D eigenvalue weighted by atomic mass is 15.3. The summed E-state index contributed by atoms with van der Waals surface area (Å²) in [4.78, 5) is 2.76. The Morgan fingerprint density at radius 3 is 2.57 bits per heavy atom. The van der Waals surface area contributed by atoms with E-state index in [-0.39, 0.29) is 5.54 Å². The average molecular weight is 290 g/mol. The molecule has 2 fully saturated rings. The molecule has 1 aliphatic heterocycles. The predicted octanol–water partition coefficient (Wildman–Crippen LogP) is 4.26. The van der Waals surface area contributed by atoms with Crippen molar-refractivity contribution in [2.75, 3.05) is 19.6 Å². The number of allylic oxidation sites excluding steroid dienone is 1. The van der Waals surface area contributed by atoms with Crippen LogP contribution < -0.4 is 5.32 Å². The lowest BCUT2D eigenvalue weighted by Gasteiger charge is -2.53. The summed E-state index contributed by atoms with van der Waals surface area (Å²) in [7, 11) is 0. The van der Waals surface area contributed by atoms with Crippen LogP contribution in [0.15, 0.2) is 11.6 Å². The molecule has 0 aromatic carbocycles. The van der Waals surface area contributed by atoms with Crippen molar-refractivity contribution in [3.63, 3.8) is 0 Å². The number of hydrogen-bond acceptors (Lipinski definition) is 2. The van der Waals surface area contributed by atoms with Gasteiger partial charge in [0.2, 0.25) is 0 Å². The molecule has 0 atom stereocenters. The van der Waals surface area contributed by atoms with Gasteiger partial charge < -0.3 is 5.32 Å². The summed E-state index contributed by atoms with van der Waals surface area (Å²) >= 11 is 0. The molecule has 0 aromatic rings. The van der Waals surface area contributed by atoms with Crippen LogP contribution in [0.1, 0.15) is 78.1 Å². The zero-order chi connectivity index (χ0) is 14.8. The van der Waals surface area contributed by atoms with Crippen molar-refractivity contribution in [1.82, 2.24) is 10.2 Å². The number of rotatable bonds is 3. The van der Waals surface area contributed by atoms with E-state index in [2.05, 4.69) is 30.1 Å². The van der Waals surface area contributed by atoms with E-state index in [1.54, 1.807) is 5.57 Å². The third kappa shape index (κ3) is 4.10.